The highest BCUT2D eigenvalue weighted by molar-refractivity contribution is 9.10. The van der Waals surface area contributed by atoms with Crippen molar-refractivity contribution in [2.45, 2.75) is 13.5 Å². The normalized spacial score (nSPS) is 10.8. The van der Waals surface area contributed by atoms with E-state index in [1.54, 1.807) is 18.4 Å². The minimum absolute atomic E-state index is 0.261. The van der Waals surface area contributed by atoms with E-state index >= 15 is 0 Å². The molecule has 90 valence electrons. The molecule has 4 heteroatoms. The van der Waals surface area contributed by atoms with Crippen molar-refractivity contribution in [3.8, 4) is 11.3 Å². The first-order valence-electron chi connectivity index (χ1n) is 5.45. The number of nitrogens with one attached hydrogen (secondary N) is 1. The first kappa shape index (κ1) is 12.3. The lowest BCUT2D eigenvalue weighted by Gasteiger charge is -2.08. The van der Waals surface area contributed by atoms with Crippen LogP contribution in [0, 0.1) is 5.82 Å². The molecule has 2 nitrogen and oxygen atoms in total. The van der Waals surface area contributed by atoms with Gasteiger partial charge in [-0.25, -0.2) is 4.39 Å². The monoisotopic (exact) mass is 297 g/mol. The third-order valence-corrected chi connectivity index (χ3v) is 3.12. The van der Waals surface area contributed by atoms with Gasteiger partial charge in [0.25, 0.3) is 0 Å². The number of benzene rings is 1. The van der Waals surface area contributed by atoms with Crippen LogP contribution in [0.5, 0.6) is 0 Å². The van der Waals surface area contributed by atoms with Crippen LogP contribution in [-0.4, -0.2) is 6.54 Å². The van der Waals surface area contributed by atoms with Crippen LogP contribution < -0.4 is 5.32 Å². The van der Waals surface area contributed by atoms with Crippen molar-refractivity contribution < 1.29 is 8.81 Å². The number of halogens is 2. The summed E-state index contributed by atoms with van der Waals surface area (Å²) < 4.78 is 19.5. The topological polar surface area (TPSA) is 25.2 Å². The van der Waals surface area contributed by atoms with Crippen molar-refractivity contribution in [3.05, 3.63) is 46.4 Å². The summed E-state index contributed by atoms with van der Waals surface area (Å²) in [6, 6.07) is 6.54. The van der Waals surface area contributed by atoms with Gasteiger partial charge in [0.2, 0.25) is 0 Å². The second-order valence-corrected chi connectivity index (χ2v) is 4.53. The molecule has 0 amide bonds. The lowest BCUT2D eigenvalue weighted by atomic mass is 10.0. The molecule has 0 atom stereocenters. The summed E-state index contributed by atoms with van der Waals surface area (Å²) in [5.41, 5.74) is 1.80. The van der Waals surface area contributed by atoms with E-state index in [0.29, 0.717) is 12.3 Å². The highest BCUT2D eigenvalue weighted by atomic mass is 79.9. The van der Waals surface area contributed by atoms with Crippen molar-refractivity contribution in [2.75, 3.05) is 6.54 Å². The molecule has 0 aliphatic heterocycles. The van der Waals surface area contributed by atoms with E-state index < -0.39 is 0 Å². The van der Waals surface area contributed by atoms with Crippen LogP contribution in [0.25, 0.3) is 11.3 Å². The Morgan fingerprint density at radius 2 is 2.18 bits per heavy atom. The highest BCUT2D eigenvalue weighted by Gasteiger charge is 2.12. The van der Waals surface area contributed by atoms with Gasteiger partial charge in [-0.3, -0.25) is 0 Å². The number of rotatable bonds is 4. The Hall–Kier alpha value is -1.13. The zero-order chi connectivity index (χ0) is 12.3. The SMILES string of the molecule is CCNCc1ccc(F)cc1-c1occc1Br. The maximum absolute atomic E-state index is 13.3. The molecule has 1 aromatic heterocycles. The molecule has 0 bridgehead atoms. The molecule has 0 fully saturated rings. The average molecular weight is 298 g/mol. The summed E-state index contributed by atoms with van der Waals surface area (Å²) >= 11 is 3.39. The lowest BCUT2D eigenvalue weighted by molar-refractivity contribution is 0.577. The summed E-state index contributed by atoms with van der Waals surface area (Å²) in [6.45, 7) is 3.60. The maximum Gasteiger partial charge on any atom is 0.148 e. The van der Waals surface area contributed by atoms with Crippen molar-refractivity contribution in [1.82, 2.24) is 5.32 Å². The van der Waals surface area contributed by atoms with Gasteiger partial charge in [0.15, 0.2) is 0 Å². The molecule has 0 unspecified atom stereocenters. The number of hydrogen-bond acceptors (Lipinski definition) is 2. The van der Waals surface area contributed by atoms with Gasteiger partial charge in [-0.05, 0) is 46.2 Å². The van der Waals surface area contributed by atoms with E-state index in [4.69, 9.17) is 4.42 Å². The number of furan rings is 1. The van der Waals surface area contributed by atoms with Crippen LogP contribution in [0.1, 0.15) is 12.5 Å². The van der Waals surface area contributed by atoms with E-state index in [-0.39, 0.29) is 5.82 Å². The summed E-state index contributed by atoms with van der Waals surface area (Å²) in [4.78, 5) is 0. The zero-order valence-corrected chi connectivity index (χ0v) is 11.1. The molecule has 0 aliphatic rings. The molecular formula is C13H13BrFNO. The molecule has 2 rings (SSSR count). The van der Waals surface area contributed by atoms with Gasteiger partial charge < -0.3 is 9.73 Å². The van der Waals surface area contributed by atoms with Gasteiger partial charge in [0, 0.05) is 12.1 Å². The summed E-state index contributed by atoms with van der Waals surface area (Å²) in [7, 11) is 0. The fraction of sp³-hybridized carbons (Fsp3) is 0.231. The van der Waals surface area contributed by atoms with Gasteiger partial charge in [-0.15, -0.1) is 0 Å². The molecule has 1 heterocycles. The van der Waals surface area contributed by atoms with Gasteiger partial charge in [-0.1, -0.05) is 13.0 Å². The van der Waals surface area contributed by atoms with Crippen LogP contribution in [0.2, 0.25) is 0 Å². The molecule has 1 aromatic carbocycles. The molecular weight excluding hydrogens is 285 g/mol. The Morgan fingerprint density at radius 1 is 1.35 bits per heavy atom. The molecule has 1 N–H and O–H groups in total. The quantitative estimate of drug-likeness (QED) is 0.924. The summed E-state index contributed by atoms with van der Waals surface area (Å²) in [6.07, 6.45) is 1.58. The van der Waals surface area contributed by atoms with Gasteiger partial charge in [0.05, 0.1) is 10.7 Å². The predicted octanol–water partition coefficient (Wildman–Crippen LogP) is 3.96. The lowest BCUT2D eigenvalue weighted by Crippen LogP contribution is -2.12. The molecule has 0 aliphatic carbocycles. The smallest absolute Gasteiger partial charge is 0.148 e. The zero-order valence-electron chi connectivity index (χ0n) is 9.47. The first-order valence-corrected chi connectivity index (χ1v) is 6.24. The molecule has 0 radical (unpaired) electrons. The molecule has 0 saturated heterocycles. The van der Waals surface area contributed by atoms with E-state index in [0.717, 1.165) is 22.1 Å². The minimum atomic E-state index is -0.261. The van der Waals surface area contributed by atoms with E-state index in [9.17, 15) is 4.39 Å². The fourth-order valence-corrected chi connectivity index (χ4v) is 2.07. The van der Waals surface area contributed by atoms with Gasteiger partial charge >= 0.3 is 0 Å². The second kappa shape index (κ2) is 5.47. The third kappa shape index (κ3) is 2.76. The van der Waals surface area contributed by atoms with Gasteiger partial charge in [0.1, 0.15) is 11.6 Å². The fourth-order valence-electron chi connectivity index (χ4n) is 1.66. The van der Waals surface area contributed by atoms with Crippen LogP contribution in [0.4, 0.5) is 4.39 Å². The molecule has 17 heavy (non-hydrogen) atoms. The summed E-state index contributed by atoms with van der Waals surface area (Å²) in [5.74, 6) is 0.404. The first-order chi connectivity index (χ1) is 8.22. The number of hydrogen-bond donors (Lipinski definition) is 1. The standard InChI is InChI=1S/C13H13BrFNO/c1-2-16-8-9-3-4-10(15)7-11(9)13-12(14)5-6-17-13/h3-7,16H,2,8H2,1H3. The Kier molecular flexibility index (Phi) is 3.97. The van der Waals surface area contributed by atoms with E-state index in [2.05, 4.69) is 21.2 Å². The maximum atomic E-state index is 13.3. The Bertz CT molecular complexity index is 510. The van der Waals surface area contributed by atoms with Crippen LogP contribution in [-0.2, 0) is 6.54 Å². The Morgan fingerprint density at radius 3 is 2.82 bits per heavy atom. The second-order valence-electron chi connectivity index (χ2n) is 3.68. The predicted molar refractivity (Wildman–Crippen MR) is 69.2 cm³/mol. The molecule has 2 aromatic rings. The Labute approximate surface area is 108 Å². The minimum Gasteiger partial charge on any atom is -0.463 e. The van der Waals surface area contributed by atoms with Crippen molar-refractivity contribution in [3.63, 3.8) is 0 Å². The largest absolute Gasteiger partial charge is 0.463 e. The van der Waals surface area contributed by atoms with Crippen LogP contribution >= 0.6 is 15.9 Å². The molecule has 0 spiro atoms. The van der Waals surface area contributed by atoms with Gasteiger partial charge in [-0.2, -0.15) is 0 Å². The average Bonchev–Trinajstić information content (AvgIpc) is 2.74. The van der Waals surface area contributed by atoms with Crippen LogP contribution in [0.3, 0.4) is 0 Å². The third-order valence-electron chi connectivity index (χ3n) is 2.50. The van der Waals surface area contributed by atoms with E-state index in [1.807, 2.05) is 6.92 Å². The Balaban J connectivity index is 2.43. The van der Waals surface area contributed by atoms with Crippen molar-refractivity contribution in [1.29, 1.82) is 0 Å². The highest BCUT2D eigenvalue weighted by Crippen LogP contribution is 2.32. The van der Waals surface area contributed by atoms with E-state index in [1.165, 1.54) is 12.1 Å². The molecule has 0 saturated carbocycles. The van der Waals surface area contributed by atoms with Crippen LogP contribution in [0.15, 0.2) is 39.4 Å². The van der Waals surface area contributed by atoms with Crippen molar-refractivity contribution in [2.24, 2.45) is 0 Å². The van der Waals surface area contributed by atoms with Crippen molar-refractivity contribution >= 4 is 15.9 Å². The summed E-state index contributed by atoms with van der Waals surface area (Å²) in [5, 5.41) is 3.23.